The molecule has 5 heteroatoms. The van der Waals surface area contributed by atoms with Crippen molar-refractivity contribution in [2.75, 3.05) is 5.94 Å². The molecule has 0 bridgehead atoms. The summed E-state index contributed by atoms with van der Waals surface area (Å²) in [6, 6.07) is 6.80. The molecule has 0 unspecified atom stereocenters. The largest absolute Gasteiger partial charge is 0.475 e. The first kappa shape index (κ1) is 10.7. The fraction of sp³-hybridized carbons (Fsp3) is 0.111. The van der Waals surface area contributed by atoms with Crippen molar-refractivity contribution in [2.45, 2.75) is 0 Å². The van der Waals surface area contributed by atoms with E-state index in [-0.39, 0.29) is 0 Å². The average molecular weight is 214 g/mol. The van der Waals surface area contributed by atoms with Crippen LogP contribution in [-0.2, 0) is 10.1 Å². The molecule has 4 nitrogen and oxygen atoms in total. The third-order valence-electron chi connectivity index (χ3n) is 1.50. The van der Waals surface area contributed by atoms with E-state index < -0.39 is 16.1 Å². The van der Waals surface area contributed by atoms with Crippen LogP contribution in [0.5, 0.6) is 5.75 Å². The Hall–Kier alpha value is -1.33. The molecular weight excluding hydrogens is 204 g/mol. The molecule has 0 fully saturated rings. The minimum Gasteiger partial charge on any atom is -0.475 e. The molecule has 1 rings (SSSR count). The van der Waals surface area contributed by atoms with Crippen molar-refractivity contribution >= 4 is 16.2 Å². The quantitative estimate of drug-likeness (QED) is 0.772. The summed E-state index contributed by atoms with van der Waals surface area (Å²) < 4.78 is 34.2. The summed E-state index contributed by atoms with van der Waals surface area (Å²) in [5.41, 5.74) is 0.677. The lowest BCUT2D eigenvalue weighted by Crippen LogP contribution is -2.10. The second-order valence-corrected chi connectivity index (χ2v) is 3.99. The van der Waals surface area contributed by atoms with Crippen LogP contribution in [0.3, 0.4) is 0 Å². The third-order valence-corrected chi connectivity index (χ3v) is 1.92. The summed E-state index contributed by atoms with van der Waals surface area (Å²) in [6.45, 7) is 3.54. The van der Waals surface area contributed by atoms with Crippen LogP contribution in [0.1, 0.15) is 5.56 Å². The highest BCUT2D eigenvalue weighted by Crippen LogP contribution is 2.18. The number of hydrogen-bond acceptors (Lipinski definition) is 3. The van der Waals surface area contributed by atoms with Gasteiger partial charge in [0.25, 0.3) is 0 Å². The van der Waals surface area contributed by atoms with Crippen LogP contribution in [0.2, 0.25) is 0 Å². The third kappa shape index (κ3) is 3.20. The van der Waals surface area contributed by atoms with Crippen molar-refractivity contribution in [2.24, 2.45) is 0 Å². The highest BCUT2D eigenvalue weighted by molar-refractivity contribution is 7.85. The topological polar surface area (TPSA) is 63.6 Å². The lowest BCUT2D eigenvalue weighted by molar-refractivity contribution is 0.352. The molecule has 0 aromatic heterocycles. The SMILES string of the molecule is C=Cc1ccccc1OCS(=O)(=O)O. The monoisotopic (exact) mass is 214 g/mol. The maximum atomic E-state index is 10.4. The van der Waals surface area contributed by atoms with Crippen LogP contribution in [0, 0.1) is 0 Å². The second kappa shape index (κ2) is 4.26. The predicted molar refractivity (Wildman–Crippen MR) is 53.6 cm³/mol. The Morgan fingerprint density at radius 3 is 2.64 bits per heavy atom. The van der Waals surface area contributed by atoms with Gasteiger partial charge in [-0.2, -0.15) is 8.42 Å². The minimum absolute atomic E-state index is 0.375. The van der Waals surface area contributed by atoms with Crippen LogP contribution in [0.15, 0.2) is 30.8 Å². The Morgan fingerprint density at radius 2 is 2.07 bits per heavy atom. The molecule has 0 saturated carbocycles. The highest BCUT2D eigenvalue weighted by Gasteiger charge is 2.06. The smallest absolute Gasteiger partial charge is 0.300 e. The first-order valence-electron chi connectivity index (χ1n) is 3.82. The normalized spacial score (nSPS) is 10.9. The van der Waals surface area contributed by atoms with Gasteiger partial charge in [0.15, 0.2) is 0 Å². The standard InChI is InChI=1S/C9H10O4S/c1-2-8-5-3-4-6-9(8)13-7-14(10,11)12/h2-6H,1,7H2,(H,10,11,12). The maximum absolute atomic E-state index is 10.4. The lowest BCUT2D eigenvalue weighted by atomic mass is 10.2. The van der Waals surface area contributed by atoms with E-state index in [0.29, 0.717) is 11.3 Å². The van der Waals surface area contributed by atoms with E-state index in [9.17, 15) is 8.42 Å². The number of benzene rings is 1. The molecule has 0 saturated heterocycles. The van der Waals surface area contributed by atoms with Gasteiger partial charge in [0.2, 0.25) is 5.94 Å². The van der Waals surface area contributed by atoms with E-state index in [4.69, 9.17) is 9.29 Å². The van der Waals surface area contributed by atoms with Gasteiger partial charge in [0.1, 0.15) is 5.75 Å². The minimum atomic E-state index is -4.10. The van der Waals surface area contributed by atoms with Crippen molar-refractivity contribution in [3.05, 3.63) is 36.4 Å². The molecular formula is C9H10O4S. The number of rotatable bonds is 4. The summed E-state index contributed by atoms with van der Waals surface area (Å²) in [6.07, 6.45) is 1.54. The zero-order valence-corrected chi connectivity index (χ0v) is 8.20. The molecule has 14 heavy (non-hydrogen) atoms. The fourth-order valence-electron chi connectivity index (χ4n) is 0.919. The molecule has 0 spiro atoms. The first-order valence-corrected chi connectivity index (χ1v) is 5.43. The molecule has 0 aliphatic rings. The van der Waals surface area contributed by atoms with Crippen LogP contribution < -0.4 is 4.74 Å². The molecule has 0 amide bonds. The Morgan fingerprint density at radius 1 is 1.43 bits per heavy atom. The Kier molecular flexibility index (Phi) is 3.27. The van der Waals surface area contributed by atoms with Gasteiger partial charge in [-0.25, -0.2) is 0 Å². The van der Waals surface area contributed by atoms with Gasteiger partial charge < -0.3 is 4.74 Å². The van der Waals surface area contributed by atoms with Crippen LogP contribution in [0.4, 0.5) is 0 Å². The number of ether oxygens (including phenoxy) is 1. The van der Waals surface area contributed by atoms with Gasteiger partial charge in [-0.1, -0.05) is 30.9 Å². The molecule has 0 aliphatic heterocycles. The summed E-state index contributed by atoms with van der Waals surface area (Å²) in [7, 11) is -4.10. The summed E-state index contributed by atoms with van der Waals surface area (Å²) in [5.74, 6) is -0.377. The van der Waals surface area contributed by atoms with Crippen LogP contribution in [0.25, 0.3) is 6.08 Å². The van der Waals surface area contributed by atoms with E-state index in [2.05, 4.69) is 6.58 Å². The summed E-state index contributed by atoms with van der Waals surface area (Å²) in [4.78, 5) is 0. The van der Waals surface area contributed by atoms with Gasteiger partial charge in [-0.15, -0.1) is 0 Å². The van der Waals surface area contributed by atoms with Crippen molar-refractivity contribution < 1.29 is 17.7 Å². The Balaban J connectivity index is 2.81. The lowest BCUT2D eigenvalue weighted by Gasteiger charge is -2.06. The van der Waals surface area contributed by atoms with Gasteiger partial charge in [-0.05, 0) is 6.07 Å². The zero-order valence-electron chi connectivity index (χ0n) is 7.38. The Labute approximate surface area is 82.6 Å². The van der Waals surface area contributed by atoms with Crippen LogP contribution >= 0.6 is 0 Å². The second-order valence-electron chi connectivity index (χ2n) is 2.59. The molecule has 1 aromatic rings. The zero-order chi connectivity index (χ0) is 10.6. The molecule has 76 valence electrons. The summed E-state index contributed by atoms with van der Waals surface area (Å²) in [5, 5.41) is 0. The van der Waals surface area contributed by atoms with Crippen molar-refractivity contribution in [3.8, 4) is 5.75 Å². The molecule has 0 aliphatic carbocycles. The van der Waals surface area contributed by atoms with E-state index in [1.165, 1.54) is 0 Å². The molecule has 0 atom stereocenters. The molecule has 0 radical (unpaired) electrons. The first-order chi connectivity index (χ1) is 6.53. The van der Waals surface area contributed by atoms with Crippen LogP contribution in [-0.4, -0.2) is 18.9 Å². The van der Waals surface area contributed by atoms with E-state index in [0.717, 1.165) is 0 Å². The van der Waals surface area contributed by atoms with Crippen molar-refractivity contribution in [1.29, 1.82) is 0 Å². The average Bonchev–Trinajstić information content (AvgIpc) is 2.14. The Bertz CT molecular complexity index is 422. The van der Waals surface area contributed by atoms with Crippen molar-refractivity contribution in [3.63, 3.8) is 0 Å². The van der Waals surface area contributed by atoms with E-state index in [1.807, 2.05) is 0 Å². The van der Waals surface area contributed by atoms with Gasteiger partial charge in [-0.3, -0.25) is 4.55 Å². The van der Waals surface area contributed by atoms with Gasteiger partial charge in [0, 0.05) is 5.56 Å². The van der Waals surface area contributed by atoms with Gasteiger partial charge >= 0.3 is 10.1 Å². The maximum Gasteiger partial charge on any atom is 0.300 e. The van der Waals surface area contributed by atoms with Gasteiger partial charge in [0.05, 0.1) is 0 Å². The number of para-hydroxylation sites is 1. The molecule has 1 aromatic carbocycles. The predicted octanol–water partition coefficient (Wildman–Crippen LogP) is 1.55. The molecule has 1 N–H and O–H groups in total. The van der Waals surface area contributed by atoms with Crippen molar-refractivity contribution in [1.82, 2.24) is 0 Å². The summed E-state index contributed by atoms with van der Waals surface area (Å²) >= 11 is 0. The highest BCUT2D eigenvalue weighted by atomic mass is 32.2. The van der Waals surface area contributed by atoms with E-state index >= 15 is 0 Å². The fourth-order valence-corrected chi connectivity index (χ4v) is 1.19. The molecule has 0 heterocycles. The van der Waals surface area contributed by atoms with E-state index in [1.54, 1.807) is 30.3 Å². The number of hydrogen-bond donors (Lipinski definition) is 1.